The molecule has 0 spiro atoms. The molecule has 312 valence electrons. The molecule has 0 saturated carbocycles. The molecule has 2 aromatic carbocycles. The fourth-order valence-corrected chi connectivity index (χ4v) is 10.1. The van der Waals surface area contributed by atoms with Gasteiger partial charge in [-0.3, -0.25) is 4.90 Å². The maximum atomic E-state index is 17.7. The van der Waals surface area contributed by atoms with E-state index in [9.17, 15) is 9.18 Å². The summed E-state index contributed by atoms with van der Waals surface area (Å²) in [6.07, 6.45) is 5.44. The van der Waals surface area contributed by atoms with E-state index in [1.807, 2.05) is 4.90 Å². The number of terminal acetylenes is 1. The Bertz CT molecular complexity index is 2430. The van der Waals surface area contributed by atoms with Gasteiger partial charge < -0.3 is 23.8 Å². The minimum atomic E-state index is -2.52. The van der Waals surface area contributed by atoms with Crippen LogP contribution in [-0.4, -0.2) is 106 Å². The third kappa shape index (κ3) is 6.38. The Balaban J connectivity index is 1.25. The van der Waals surface area contributed by atoms with Gasteiger partial charge in [-0.2, -0.15) is 9.97 Å². The molecular weight excluding hydrogens is 775 g/mol. The van der Waals surface area contributed by atoms with E-state index in [2.05, 4.69) is 10.9 Å². The Hall–Kier alpha value is -5.01. The number of nitrogens with zero attached hydrogens (tertiary/aromatic N) is 6. The van der Waals surface area contributed by atoms with E-state index in [1.165, 1.54) is 30.2 Å². The number of pyridine rings is 1. The molecule has 4 fully saturated rings. The van der Waals surface area contributed by atoms with Crippen molar-refractivity contribution in [2.45, 2.75) is 107 Å². The predicted octanol–water partition coefficient (Wildman–Crippen LogP) is 7.93. The van der Waals surface area contributed by atoms with Crippen molar-refractivity contribution in [2.24, 2.45) is 0 Å². The van der Waals surface area contributed by atoms with Gasteiger partial charge in [0.1, 0.15) is 47.0 Å². The van der Waals surface area contributed by atoms with Crippen molar-refractivity contribution in [3.8, 4) is 35.4 Å². The number of halogens is 5. The van der Waals surface area contributed by atoms with Crippen LogP contribution in [0, 0.1) is 24.0 Å². The minimum Gasteiger partial charge on any atom is -0.468 e. The largest absolute Gasteiger partial charge is 0.468 e. The number of methoxy groups -OCH3 is 1. The van der Waals surface area contributed by atoms with Gasteiger partial charge >= 0.3 is 12.1 Å². The normalized spacial score (nSPS) is 27.7. The molecule has 1 amide bonds. The Morgan fingerprint density at radius 2 is 1.86 bits per heavy atom. The predicted molar refractivity (Wildman–Crippen MR) is 208 cm³/mol. The van der Waals surface area contributed by atoms with Crippen molar-refractivity contribution >= 4 is 33.6 Å². The number of ether oxygens (including phenoxy) is 4. The average molecular weight is 821 g/mol. The second kappa shape index (κ2) is 14.0. The third-order valence-electron chi connectivity index (χ3n) is 12.5. The maximum Gasteiger partial charge on any atom is 0.415 e. The second-order valence-corrected chi connectivity index (χ2v) is 17.4. The fourth-order valence-electron chi connectivity index (χ4n) is 10.1. The van der Waals surface area contributed by atoms with Gasteiger partial charge in [0.05, 0.1) is 34.8 Å². The number of carbonyl (C=O) groups is 1. The first kappa shape index (κ1) is 39.5. The highest BCUT2D eigenvalue weighted by Gasteiger charge is 2.69. The number of carbonyl (C=O) groups excluding carboxylic acids is 1. The van der Waals surface area contributed by atoms with E-state index < -0.39 is 59.2 Å². The molecule has 0 N–H and O–H groups in total. The lowest BCUT2D eigenvalue weighted by Crippen LogP contribution is -2.71. The van der Waals surface area contributed by atoms with Gasteiger partial charge in [0.25, 0.3) is 0 Å². The van der Waals surface area contributed by atoms with Crippen LogP contribution in [-0.2, 0) is 15.9 Å². The molecule has 11 nitrogen and oxygen atoms in total. The number of piperazine rings is 1. The smallest absolute Gasteiger partial charge is 0.415 e. The van der Waals surface area contributed by atoms with Crippen LogP contribution in [0.15, 0.2) is 24.3 Å². The molecule has 5 aliphatic heterocycles. The van der Waals surface area contributed by atoms with Gasteiger partial charge in [-0.25, -0.2) is 36.6 Å². The van der Waals surface area contributed by atoms with Crippen molar-refractivity contribution in [1.82, 2.24) is 24.8 Å². The van der Waals surface area contributed by atoms with Crippen LogP contribution in [0.2, 0.25) is 0 Å². The fraction of sp³-hybridized carbons (Fsp3) is 0.535. The number of amides is 1. The summed E-state index contributed by atoms with van der Waals surface area (Å²) in [5.41, 5.74) is -1.78. The number of benzene rings is 2. The van der Waals surface area contributed by atoms with Crippen molar-refractivity contribution in [1.29, 1.82) is 0 Å². The molecule has 7 heterocycles. The minimum absolute atomic E-state index is 0.00490. The summed E-state index contributed by atoms with van der Waals surface area (Å²) in [5, 5.41) is 0.776. The van der Waals surface area contributed by atoms with Gasteiger partial charge in [0, 0.05) is 43.9 Å². The summed E-state index contributed by atoms with van der Waals surface area (Å²) < 4.78 is 106. The van der Waals surface area contributed by atoms with Crippen molar-refractivity contribution < 1.29 is 45.7 Å². The van der Waals surface area contributed by atoms with E-state index in [0.29, 0.717) is 35.4 Å². The lowest BCUT2D eigenvalue weighted by Gasteiger charge is -2.52. The van der Waals surface area contributed by atoms with Gasteiger partial charge in [0.15, 0.2) is 12.6 Å². The zero-order chi connectivity index (χ0) is 41.6. The standard InChI is InChI=1S/C43H45F5N6O5/c1-6-27-29(45)12-11-24-17-26(58-23-56-5)18-28(32(24)27)35-34(46)36-33-30(49-35)9-7-10-31-43(48)15-14-42(47,54(43)39(55)59-40(2,3)4)21-53(31)37(33)51-38(50-36)57-22-41-13-8-16-52(41)20-25(44)19-41/h1,11-12,17-18,25,31H,7-10,13-16,19-23H2,2-5H3/t25-,31-,41+,42-,43+/m1/s1. The molecule has 9 rings (SSSR count). The monoisotopic (exact) mass is 820 g/mol. The second-order valence-electron chi connectivity index (χ2n) is 17.4. The van der Waals surface area contributed by atoms with Gasteiger partial charge in [-0.05, 0) is 83.0 Å². The molecule has 5 aliphatic rings. The number of aryl methyl sites for hydroxylation is 1. The SMILES string of the molecule is C#Cc1c(F)ccc2cc(OCOC)cc(-c3nc4c5c(nc(OC[C@@]67CCCN6C[C@H](F)C7)nc5c3F)N3C[C@@]5(F)CC[C@@](F)([C@H]3CCC4)N5C(=O)OC(C)(C)C)c12. The number of alkyl halides is 3. The average Bonchev–Trinajstić information content (AvgIpc) is 3.77. The van der Waals surface area contributed by atoms with Crippen LogP contribution in [0.4, 0.5) is 32.6 Å². The number of hydrogen-bond acceptors (Lipinski definition) is 10. The number of anilines is 1. The highest BCUT2D eigenvalue weighted by atomic mass is 19.2. The van der Waals surface area contributed by atoms with E-state index >= 15 is 17.6 Å². The molecule has 2 aromatic heterocycles. The molecule has 59 heavy (non-hydrogen) atoms. The molecule has 16 heteroatoms. The topological polar surface area (TPSA) is 102 Å². The van der Waals surface area contributed by atoms with Crippen molar-refractivity contribution in [3.05, 3.63) is 47.2 Å². The highest BCUT2D eigenvalue weighted by molar-refractivity contribution is 6.03. The van der Waals surface area contributed by atoms with E-state index in [1.54, 1.807) is 26.8 Å². The molecule has 0 radical (unpaired) electrons. The van der Waals surface area contributed by atoms with Crippen LogP contribution in [0.25, 0.3) is 32.9 Å². The van der Waals surface area contributed by atoms with E-state index in [4.69, 9.17) is 35.3 Å². The van der Waals surface area contributed by atoms with Crippen LogP contribution in [0.1, 0.15) is 77.0 Å². The Kier molecular flexibility index (Phi) is 9.39. The van der Waals surface area contributed by atoms with Crippen LogP contribution in [0.5, 0.6) is 11.8 Å². The van der Waals surface area contributed by atoms with Gasteiger partial charge in [-0.15, -0.1) is 6.42 Å². The zero-order valence-electron chi connectivity index (χ0n) is 33.3. The van der Waals surface area contributed by atoms with Crippen LogP contribution in [0.3, 0.4) is 0 Å². The molecule has 0 aliphatic carbocycles. The summed E-state index contributed by atoms with van der Waals surface area (Å²) in [5.74, 6) is -4.01. The van der Waals surface area contributed by atoms with Gasteiger partial charge in [-0.1, -0.05) is 12.0 Å². The Labute approximate surface area is 338 Å². The summed E-state index contributed by atoms with van der Waals surface area (Å²) in [4.78, 5) is 31.9. The summed E-state index contributed by atoms with van der Waals surface area (Å²) in [6, 6.07) is 4.45. The first-order valence-corrected chi connectivity index (χ1v) is 20.0. The first-order chi connectivity index (χ1) is 28.1. The van der Waals surface area contributed by atoms with Crippen LogP contribution >= 0.6 is 0 Å². The number of fused-ring (bicyclic) bond motifs is 7. The van der Waals surface area contributed by atoms with Crippen molar-refractivity contribution in [3.63, 3.8) is 0 Å². The zero-order valence-corrected chi connectivity index (χ0v) is 33.3. The summed E-state index contributed by atoms with van der Waals surface area (Å²) in [7, 11) is 1.45. The van der Waals surface area contributed by atoms with E-state index in [-0.39, 0.29) is 103 Å². The van der Waals surface area contributed by atoms with Gasteiger partial charge in [0.2, 0.25) is 11.6 Å². The summed E-state index contributed by atoms with van der Waals surface area (Å²) in [6.45, 7) is 5.19. The molecule has 2 bridgehead atoms. The van der Waals surface area contributed by atoms with E-state index in [0.717, 1.165) is 6.42 Å². The number of aromatic nitrogens is 3. The maximum absolute atomic E-state index is 17.7. The molecule has 4 aromatic rings. The number of hydrogen-bond donors (Lipinski definition) is 0. The molecule has 5 atom stereocenters. The number of rotatable bonds is 7. The molecule has 0 unspecified atom stereocenters. The van der Waals surface area contributed by atoms with Crippen LogP contribution < -0.4 is 14.4 Å². The first-order valence-electron chi connectivity index (χ1n) is 20.0. The summed E-state index contributed by atoms with van der Waals surface area (Å²) >= 11 is 0. The van der Waals surface area contributed by atoms with Crippen molar-refractivity contribution in [2.75, 3.05) is 45.0 Å². The third-order valence-corrected chi connectivity index (χ3v) is 12.5. The molecule has 4 saturated heterocycles. The quantitative estimate of drug-likeness (QED) is 0.0791. The Morgan fingerprint density at radius 3 is 2.63 bits per heavy atom. The molecular formula is C43H45F5N6O5. The lowest BCUT2D eigenvalue weighted by atomic mass is 9.90. The highest BCUT2D eigenvalue weighted by Crippen LogP contribution is 2.55. The lowest BCUT2D eigenvalue weighted by molar-refractivity contribution is -0.133. The Morgan fingerprint density at radius 1 is 1.05 bits per heavy atom.